The van der Waals surface area contributed by atoms with E-state index in [2.05, 4.69) is 10.3 Å². The lowest BCUT2D eigenvalue weighted by Gasteiger charge is -2.17. The van der Waals surface area contributed by atoms with E-state index in [0.29, 0.717) is 23.5 Å². The number of benzene rings is 1. The Bertz CT molecular complexity index is 798. The zero-order chi connectivity index (χ0) is 19.2. The zero-order valence-corrected chi connectivity index (χ0v) is 16.6. The molecule has 0 saturated heterocycles. The van der Waals surface area contributed by atoms with Gasteiger partial charge in [-0.15, -0.1) is 0 Å². The van der Waals surface area contributed by atoms with E-state index in [1.165, 1.54) is 26.4 Å². The van der Waals surface area contributed by atoms with Gasteiger partial charge < -0.3 is 14.5 Å². The summed E-state index contributed by atoms with van der Waals surface area (Å²) >= 11 is 1.62. The van der Waals surface area contributed by atoms with Gasteiger partial charge >= 0.3 is 5.97 Å². The quantitative estimate of drug-likeness (QED) is 0.722. The Balaban J connectivity index is 1.74. The molecular weight excluding hydrogens is 364 g/mol. The molecule has 3 rings (SSSR count). The second kappa shape index (κ2) is 9.26. The third kappa shape index (κ3) is 4.83. The number of thioether (sulfide) groups is 1. The number of nitrogens with zero attached hydrogens (tertiary/aromatic N) is 1. The van der Waals surface area contributed by atoms with Gasteiger partial charge in [-0.2, -0.15) is 11.8 Å². The largest absolute Gasteiger partial charge is 0.467 e. The van der Waals surface area contributed by atoms with E-state index in [1.54, 1.807) is 30.0 Å². The van der Waals surface area contributed by atoms with Crippen molar-refractivity contribution in [3.63, 3.8) is 0 Å². The van der Waals surface area contributed by atoms with E-state index in [0.717, 1.165) is 30.0 Å². The van der Waals surface area contributed by atoms with E-state index in [-0.39, 0.29) is 5.91 Å². The predicted molar refractivity (Wildman–Crippen MR) is 106 cm³/mol. The monoisotopic (exact) mass is 390 g/mol. The maximum atomic E-state index is 12.6. The van der Waals surface area contributed by atoms with Crippen LogP contribution in [0.15, 0.2) is 22.6 Å². The number of nitrogens with one attached hydrogen (secondary N) is 1. The van der Waals surface area contributed by atoms with Crippen LogP contribution in [0.25, 0.3) is 11.1 Å². The molecule has 7 heteroatoms. The molecule has 1 aromatic carbocycles. The Hall–Kier alpha value is -2.02. The van der Waals surface area contributed by atoms with Crippen molar-refractivity contribution in [3.05, 3.63) is 29.7 Å². The SMILES string of the molecule is COC(=O)[C@H](CCSC)NC(=O)c1ccc2nc(C3CCCCC3)oc2c1. The molecule has 1 aromatic heterocycles. The Morgan fingerprint density at radius 2 is 2.11 bits per heavy atom. The minimum atomic E-state index is -0.654. The summed E-state index contributed by atoms with van der Waals surface area (Å²) in [6.45, 7) is 0. The first-order chi connectivity index (χ1) is 13.1. The van der Waals surface area contributed by atoms with Crippen molar-refractivity contribution < 1.29 is 18.7 Å². The van der Waals surface area contributed by atoms with Gasteiger partial charge in [0.1, 0.15) is 11.6 Å². The maximum Gasteiger partial charge on any atom is 0.328 e. The fraction of sp³-hybridized carbons (Fsp3) is 0.550. The molecule has 1 fully saturated rings. The highest BCUT2D eigenvalue weighted by Crippen LogP contribution is 2.33. The Morgan fingerprint density at radius 3 is 2.81 bits per heavy atom. The minimum absolute atomic E-state index is 0.316. The summed E-state index contributed by atoms with van der Waals surface area (Å²) in [4.78, 5) is 29.1. The standard InChI is InChI=1S/C20H26N2O4S/c1-25-20(24)16(10-11-27-2)21-18(23)14-8-9-15-17(12-14)26-19(22-15)13-6-4-3-5-7-13/h8-9,12-13,16H,3-7,10-11H2,1-2H3,(H,21,23)/t16-/m0/s1. The van der Waals surface area contributed by atoms with Crippen LogP contribution in [0.2, 0.25) is 0 Å². The van der Waals surface area contributed by atoms with Crippen LogP contribution in [0.3, 0.4) is 0 Å². The number of methoxy groups -OCH3 is 1. The van der Waals surface area contributed by atoms with Crippen LogP contribution < -0.4 is 5.32 Å². The van der Waals surface area contributed by atoms with Gasteiger partial charge in [-0.1, -0.05) is 19.3 Å². The number of rotatable bonds is 7. The first-order valence-corrected chi connectivity index (χ1v) is 10.8. The second-order valence-electron chi connectivity index (χ2n) is 6.90. The number of fused-ring (bicyclic) bond motifs is 1. The smallest absolute Gasteiger partial charge is 0.328 e. The molecule has 1 atom stereocenters. The fourth-order valence-corrected chi connectivity index (χ4v) is 3.95. The van der Waals surface area contributed by atoms with Gasteiger partial charge in [-0.25, -0.2) is 9.78 Å². The number of carbonyl (C=O) groups excluding carboxylic acids is 2. The molecule has 2 aromatic rings. The van der Waals surface area contributed by atoms with Crippen molar-refractivity contribution in [2.45, 2.75) is 50.5 Å². The molecule has 1 N–H and O–H groups in total. The van der Waals surface area contributed by atoms with E-state index in [1.807, 2.05) is 6.26 Å². The fourth-order valence-electron chi connectivity index (χ4n) is 3.48. The lowest BCUT2D eigenvalue weighted by molar-refractivity contribution is -0.142. The second-order valence-corrected chi connectivity index (χ2v) is 7.89. The van der Waals surface area contributed by atoms with Gasteiger partial charge in [-0.05, 0) is 49.5 Å². The zero-order valence-electron chi connectivity index (χ0n) is 15.8. The summed E-state index contributed by atoms with van der Waals surface area (Å²) < 4.78 is 10.7. The first-order valence-electron chi connectivity index (χ1n) is 9.40. The van der Waals surface area contributed by atoms with E-state index < -0.39 is 12.0 Å². The van der Waals surface area contributed by atoms with Crippen LogP contribution in [-0.2, 0) is 9.53 Å². The van der Waals surface area contributed by atoms with Gasteiger partial charge in [-0.3, -0.25) is 4.79 Å². The van der Waals surface area contributed by atoms with Crippen LogP contribution in [0.5, 0.6) is 0 Å². The number of ether oxygens (including phenoxy) is 1. The number of aromatic nitrogens is 1. The van der Waals surface area contributed by atoms with Crippen molar-refractivity contribution in [2.75, 3.05) is 19.1 Å². The van der Waals surface area contributed by atoms with Crippen LogP contribution in [0.1, 0.15) is 60.7 Å². The summed E-state index contributed by atoms with van der Waals surface area (Å²) in [7, 11) is 1.33. The molecule has 146 valence electrons. The van der Waals surface area contributed by atoms with E-state index in [9.17, 15) is 9.59 Å². The third-order valence-electron chi connectivity index (χ3n) is 5.02. The van der Waals surface area contributed by atoms with Gasteiger partial charge in [0.05, 0.1) is 7.11 Å². The van der Waals surface area contributed by atoms with E-state index >= 15 is 0 Å². The highest BCUT2D eigenvalue weighted by molar-refractivity contribution is 7.98. The van der Waals surface area contributed by atoms with Crippen molar-refractivity contribution >= 4 is 34.7 Å². The number of hydrogen-bond donors (Lipinski definition) is 1. The highest BCUT2D eigenvalue weighted by Gasteiger charge is 2.23. The summed E-state index contributed by atoms with van der Waals surface area (Å²) in [6.07, 6.45) is 8.39. The summed E-state index contributed by atoms with van der Waals surface area (Å²) in [6, 6.07) is 4.56. The average molecular weight is 391 g/mol. The minimum Gasteiger partial charge on any atom is -0.467 e. The molecule has 0 bridgehead atoms. The number of carbonyl (C=O) groups is 2. The van der Waals surface area contributed by atoms with Crippen molar-refractivity contribution in [1.29, 1.82) is 0 Å². The van der Waals surface area contributed by atoms with Crippen molar-refractivity contribution in [1.82, 2.24) is 10.3 Å². The van der Waals surface area contributed by atoms with Crippen molar-refractivity contribution in [3.8, 4) is 0 Å². The Morgan fingerprint density at radius 1 is 1.33 bits per heavy atom. The van der Waals surface area contributed by atoms with Crippen LogP contribution in [0.4, 0.5) is 0 Å². The molecule has 0 radical (unpaired) electrons. The lowest BCUT2D eigenvalue weighted by atomic mass is 9.89. The number of hydrogen-bond acceptors (Lipinski definition) is 6. The summed E-state index contributed by atoms with van der Waals surface area (Å²) in [5.41, 5.74) is 1.83. The van der Waals surface area contributed by atoms with Gasteiger partial charge in [0.15, 0.2) is 11.5 Å². The topological polar surface area (TPSA) is 81.4 Å². The highest BCUT2D eigenvalue weighted by atomic mass is 32.2. The predicted octanol–water partition coefficient (Wildman–Crippen LogP) is 3.90. The average Bonchev–Trinajstić information content (AvgIpc) is 3.14. The van der Waals surface area contributed by atoms with Gasteiger partial charge in [0.25, 0.3) is 5.91 Å². The van der Waals surface area contributed by atoms with E-state index in [4.69, 9.17) is 9.15 Å². The molecule has 1 saturated carbocycles. The van der Waals surface area contributed by atoms with Crippen LogP contribution >= 0.6 is 11.8 Å². The molecule has 1 aliphatic rings. The summed E-state index contributed by atoms with van der Waals surface area (Å²) in [5.74, 6) is 1.15. The maximum absolute atomic E-state index is 12.6. The number of amides is 1. The molecule has 0 aliphatic heterocycles. The lowest BCUT2D eigenvalue weighted by Crippen LogP contribution is -2.41. The molecular formula is C20H26N2O4S. The summed E-state index contributed by atoms with van der Waals surface area (Å²) in [5, 5.41) is 2.76. The Labute approximate surface area is 163 Å². The number of oxazole rings is 1. The number of esters is 1. The van der Waals surface area contributed by atoms with Gasteiger partial charge in [0.2, 0.25) is 0 Å². The molecule has 1 amide bonds. The van der Waals surface area contributed by atoms with Crippen molar-refractivity contribution in [2.24, 2.45) is 0 Å². The first kappa shape index (κ1) is 19.7. The van der Waals surface area contributed by atoms with Crippen LogP contribution in [-0.4, -0.2) is 42.0 Å². The molecule has 1 aliphatic carbocycles. The molecule has 0 unspecified atom stereocenters. The molecule has 6 nitrogen and oxygen atoms in total. The Kier molecular flexibility index (Phi) is 6.77. The third-order valence-corrected chi connectivity index (χ3v) is 5.67. The molecule has 1 heterocycles. The molecule has 27 heavy (non-hydrogen) atoms. The molecule has 0 spiro atoms. The van der Waals surface area contributed by atoms with Crippen LogP contribution in [0, 0.1) is 0 Å². The normalized spacial score (nSPS) is 16.2. The van der Waals surface area contributed by atoms with Gasteiger partial charge in [0, 0.05) is 11.5 Å².